The first-order chi connectivity index (χ1) is 18.6. The highest BCUT2D eigenvalue weighted by molar-refractivity contribution is 6.35. The minimum Gasteiger partial charge on any atom is -0.327 e. The van der Waals surface area contributed by atoms with Crippen molar-refractivity contribution in [1.29, 1.82) is 0 Å². The minimum absolute atomic E-state index is 0.0102. The second kappa shape index (κ2) is 10.7. The third-order valence-electron chi connectivity index (χ3n) is 6.43. The van der Waals surface area contributed by atoms with Gasteiger partial charge in [0.15, 0.2) is 5.82 Å². The van der Waals surface area contributed by atoms with Gasteiger partial charge in [-0.1, -0.05) is 53.5 Å². The molecular weight excluding hydrogens is 561 g/mol. The van der Waals surface area contributed by atoms with Crippen LogP contribution in [0.3, 0.4) is 0 Å². The van der Waals surface area contributed by atoms with Crippen LogP contribution < -0.4 is 16.3 Å². The Labute approximate surface area is 230 Å². The molecule has 0 aromatic heterocycles. The molecule has 204 valence electrons. The number of carbonyl (C=O) groups excluding carboxylic acids is 1. The van der Waals surface area contributed by atoms with Crippen molar-refractivity contribution in [2.24, 2.45) is 5.92 Å². The minimum atomic E-state index is -4.97. The molecule has 12 heteroatoms. The van der Waals surface area contributed by atoms with E-state index in [1.807, 2.05) is 0 Å². The zero-order valence-electron chi connectivity index (χ0n) is 20.0. The van der Waals surface area contributed by atoms with Gasteiger partial charge in [0, 0.05) is 29.1 Å². The van der Waals surface area contributed by atoms with Gasteiger partial charge in [-0.3, -0.25) is 25.4 Å². The molecule has 5 rings (SSSR count). The van der Waals surface area contributed by atoms with Crippen molar-refractivity contribution in [3.8, 4) is 0 Å². The fourth-order valence-electron chi connectivity index (χ4n) is 4.21. The number of carbonyl (C=O) groups is 1. The summed E-state index contributed by atoms with van der Waals surface area (Å²) in [5.41, 5.74) is 2.13. The fraction of sp³-hybridized carbons (Fsp3) is 0.222. The predicted molar refractivity (Wildman–Crippen MR) is 139 cm³/mol. The van der Waals surface area contributed by atoms with Crippen LogP contribution in [0.5, 0.6) is 0 Å². The smallest absolute Gasteiger partial charge is 0.327 e. The second-order valence-corrected chi connectivity index (χ2v) is 9.95. The van der Waals surface area contributed by atoms with Crippen LogP contribution in [0.1, 0.15) is 34.3 Å². The SMILES string of the molecule is O=C(NC=CNOCC1CC1)c1ccc(C2=CC(c3cc(Cl)c(F)c(Cl)c3)(C(F)(F)F)ON2)c2ccccc12. The summed E-state index contributed by atoms with van der Waals surface area (Å²) in [5.74, 6) is -0.888. The maximum atomic E-state index is 14.4. The monoisotopic (exact) mass is 581 g/mol. The number of alkyl halides is 3. The Balaban J connectivity index is 1.46. The van der Waals surface area contributed by atoms with Crippen molar-refractivity contribution < 1.29 is 32.0 Å². The van der Waals surface area contributed by atoms with Crippen LogP contribution >= 0.6 is 23.2 Å². The summed E-state index contributed by atoms with van der Waals surface area (Å²) in [6.07, 6.45) is 1.01. The van der Waals surface area contributed by atoms with Crippen LogP contribution in [0.2, 0.25) is 10.0 Å². The lowest BCUT2D eigenvalue weighted by molar-refractivity contribution is -0.269. The number of benzene rings is 3. The molecule has 1 heterocycles. The maximum absolute atomic E-state index is 14.4. The number of hydrogen-bond donors (Lipinski definition) is 3. The van der Waals surface area contributed by atoms with E-state index >= 15 is 0 Å². The summed E-state index contributed by atoms with van der Waals surface area (Å²) in [4.78, 5) is 23.2. The van der Waals surface area contributed by atoms with Gasteiger partial charge in [-0.05, 0) is 53.8 Å². The van der Waals surface area contributed by atoms with E-state index in [0.717, 1.165) is 31.1 Å². The van der Waals surface area contributed by atoms with Gasteiger partial charge in [0.2, 0.25) is 5.60 Å². The van der Waals surface area contributed by atoms with Crippen molar-refractivity contribution in [1.82, 2.24) is 16.3 Å². The third kappa shape index (κ3) is 5.42. The molecule has 3 N–H and O–H groups in total. The quantitative estimate of drug-likeness (QED) is 0.119. The van der Waals surface area contributed by atoms with Crippen molar-refractivity contribution in [2.45, 2.75) is 24.6 Å². The molecule has 1 aliphatic heterocycles. The van der Waals surface area contributed by atoms with Gasteiger partial charge in [0.1, 0.15) is 0 Å². The first-order valence-electron chi connectivity index (χ1n) is 11.8. The number of amides is 1. The number of hydroxylamine groups is 2. The Morgan fingerprint density at radius 2 is 1.79 bits per heavy atom. The van der Waals surface area contributed by atoms with Gasteiger partial charge in [0.25, 0.3) is 5.91 Å². The highest BCUT2D eigenvalue weighted by Crippen LogP contribution is 2.49. The molecule has 1 fully saturated rings. The first-order valence-corrected chi connectivity index (χ1v) is 12.6. The van der Waals surface area contributed by atoms with Crippen LogP contribution in [0, 0.1) is 11.7 Å². The molecule has 1 unspecified atom stereocenters. The summed E-state index contributed by atoms with van der Waals surface area (Å²) in [6.45, 7) is 0.592. The second-order valence-electron chi connectivity index (χ2n) is 9.13. The Kier molecular flexibility index (Phi) is 7.47. The van der Waals surface area contributed by atoms with Crippen LogP contribution in [0.15, 0.2) is 67.0 Å². The van der Waals surface area contributed by atoms with Gasteiger partial charge < -0.3 is 5.32 Å². The van der Waals surface area contributed by atoms with E-state index in [0.29, 0.717) is 34.4 Å². The molecule has 0 radical (unpaired) electrons. The summed E-state index contributed by atoms with van der Waals surface area (Å²) in [5, 5.41) is 2.47. The molecule has 3 aromatic rings. The number of halogens is 6. The molecule has 6 nitrogen and oxygen atoms in total. The largest absolute Gasteiger partial charge is 0.428 e. The lowest BCUT2D eigenvalue weighted by atomic mass is 9.90. The van der Waals surface area contributed by atoms with Crippen molar-refractivity contribution in [2.75, 3.05) is 6.61 Å². The molecule has 0 saturated heterocycles. The highest BCUT2D eigenvalue weighted by atomic mass is 35.5. The molecule has 0 spiro atoms. The third-order valence-corrected chi connectivity index (χ3v) is 6.98. The highest BCUT2D eigenvalue weighted by Gasteiger charge is 2.60. The maximum Gasteiger partial charge on any atom is 0.428 e. The van der Waals surface area contributed by atoms with E-state index in [9.17, 15) is 22.4 Å². The Morgan fingerprint density at radius 3 is 2.46 bits per heavy atom. The zero-order chi connectivity index (χ0) is 27.8. The van der Waals surface area contributed by atoms with Gasteiger partial charge in [0.05, 0.1) is 22.3 Å². The topological polar surface area (TPSA) is 71.6 Å². The van der Waals surface area contributed by atoms with E-state index in [1.165, 1.54) is 24.5 Å². The summed E-state index contributed by atoms with van der Waals surface area (Å²) in [7, 11) is 0. The van der Waals surface area contributed by atoms with Crippen LogP contribution in [0.4, 0.5) is 17.6 Å². The number of fused-ring (bicyclic) bond motifs is 1. The molecule has 1 amide bonds. The average Bonchev–Trinajstić information content (AvgIpc) is 3.62. The van der Waals surface area contributed by atoms with E-state index in [4.69, 9.17) is 32.9 Å². The number of rotatable bonds is 8. The van der Waals surface area contributed by atoms with Gasteiger partial charge in [-0.15, -0.1) is 0 Å². The molecule has 3 aromatic carbocycles. The lowest BCUT2D eigenvalue weighted by Gasteiger charge is -2.28. The Bertz CT molecular complexity index is 1470. The number of nitrogens with one attached hydrogen (secondary N) is 3. The van der Waals surface area contributed by atoms with E-state index in [1.54, 1.807) is 24.3 Å². The van der Waals surface area contributed by atoms with Crippen molar-refractivity contribution >= 4 is 45.6 Å². The molecule has 1 saturated carbocycles. The summed E-state index contributed by atoms with van der Waals surface area (Å²) in [6, 6.07) is 11.4. The standard InChI is InChI=1S/C27H21Cl2F4N3O3/c28-21-11-16(12-22(29)24(21)30)26(27(31,32)33)13-23(36-39-26)19-7-8-20(18-4-2-1-3-17(18)19)25(37)34-9-10-35-38-14-15-5-6-15/h1-4,7-13,15,35-36H,5-6,14H2,(H,34,37). The molecular formula is C27H21Cl2F4N3O3. The van der Waals surface area contributed by atoms with Crippen LogP contribution in [-0.2, 0) is 15.3 Å². The summed E-state index contributed by atoms with van der Waals surface area (Å²) >= 11 is 11.6. The molecule has 2 aliphatic rings. The van der Waals surface area contributed by atoms with Crippen molar-refractivity contribution in [3.05, 3.63) is 99.6 Å². The lowest BCUT2D eigenvalue weighted by Crippen LogP contribution is -2.42. The Hall–Kier alpha value is -3.31. The fourth-order valence-corrected chi connectivity index (χ4v) is 4.69. The first kappa shape index (κ1) is 27.3. The molecule has 39 heavy (non-hydrogen) atoms. The normalized spacial score (nSPS) is 19.3. The summed E-state index contributed by atoms with van der Waals surface area (Å²) < 4.78 is 57.2. The van der Waals surface area contributed by atoms with Gasteiger partial charge >= 0.3 is 6.18 Å². The Morgan fingerprint density at radius 1 is 1.10 bits per heavy atom. The average molecular weight is 582 g/mol. The molecule has 1 aliphatic carbocycles. The number of hydrogen-bond acceptors (Lipinski definition) is 5. The predicted octanol–water partition coefficient (Wildman–Crippen LogP) is 6.75. The van der Waals surface area contributed by atoms with Crippen LogP contribution in [-0.4, -0.2) is 18.7 Å². The van der Waals surface area contributed by atoms with E-state index in [2.05, 4.69) is 16.3 Å². The van der Waals surface area contributed by atoms with Crippen molar-refractivity contribution in [3.63, 3.8) is 0 Å². The van der Waals surface area contributed by atoms with E-state index < -0.39 is 39.1 Å². The van der Waals surface area contributed by atoms with Crippen LogP contribution in [0.25, 0.3) is 16.5 Å². The van der Waals surface area contributed by atoms with E-state index in [-0.39, 0.29) is 5.70 Å². The zero-order valence-corrected chi connectivity index (χ0v) is 21.6. The van der Waals surface area contributed by atoms with Gasteiger partial charge in [-0.2, -0.15) is 13.2 Å². The molecule has 1 atom stereocenters. The van der Waals surface area contributed by atoms with Gasteiger partial charge in [-0.25, -0.2) is 4.39 Å². The molecule has 0 bridgehead atoms.